The number of rotatable bonds is 3. The van der Waals surface area contributed by atoms with Crippen LogP contribution in [0.1, 0.15) is 14.0 Å². The smallest absolute Gasteiger partial charge is 1.00 e. The van der Waals surface area contributed by atoms with Gasteiger partial charge in [0.25, 0.3) is 0 Å². The van der Waals surface area contributed by atoms with Crippen molar-refractivity contribution in [3.05, 3.63) is 18.2 Å². The molecule has 0 saturated carbocycles. The van der Waals surface area contributed by atoms with Gasteiger partial charge in [-0.2, -0.15) is 0 Å². The summed E-state index contributed by atoms with van der Waals surface area (Å²) in [4.78, 5) is 28.1. The summed E-state index contributed by atoms with van der Waals surface area (Å²) in [6.07, 6.45) is 3.31. The maximum absolute atomic E-state index is 11.1. The average Bonchev–Trinajstić information content (AvgIpc) is 2.55. The molecule has 7 heteroatoms. The Morgan fingerprint density at radius 3 is 2.87 bits per heavy atom. The van der Waals surface area contributed by atoms with Gasteiger partial charge in [0.15, 0.2) is 0 Å². The maximum atomic E-state index is 11.1. The number of aromatic amines is 1. The second-order valence-corrected chi connectivity index (χ2v) is 2.80. The van der Waals surface area contributed by atoms with Crippen LogP contribution in [0.5, 0.6) is 0 Å². The SMILES string of the molecule is CC(=O)OC(=O)[C@@H](N)Cc1cnc[nH]1.[H-].[Na+]. The van der Waals surface area contributed by atoms with Crippen LogP contribution in [-0.4, -0.2) is 27.9 Å². The number of aromatic nitrogens is 2. The molecule has 0 unspecified atom stereocenters. The van der Waals surface area contributed by atoms with Gasteiger partial charge in [-0.25, -0.2) is 9.78 Å². The van der Waals surface area contributed by atoms with Crippen LogP contribution in [0.15, 0.2) is 12.5 Å². The number of ether oxygens (including phenoxy) is 1. The van der Waals surface area contributed by atoms with E-state index in [9.17, 15) is 9.59 Å². The first-order chi connectivity index (χ1) is 6.59. The largest absolute Gasteiger partial charge is 1.00 e. The molecule has 6 nitrogen and oxygen atoms in total. The van der Waals surface area contributed by atoms with Crippen LogP contribution in [-0.2, 0) is 20.7 Å². The van der Waals surface area contributed by atoms with Crippen molar-refractivity contribution in [2.24, 2.45) is 5.73 Å². The van der Waals surface area contributed by atoms with Gasteiger partial charge in [0, 0.05) is 25.2 Å². The quantitative estimate of drug-likeness (QED) is 0.313. The van der Waals surface area contributed by atoms with E-state index in [1.807, 2.05) is 0 Å². The first-order valence-corrected chi connectivity index (χ1v) is 4.04. The van der Waals surface area contributed by atoms with Crippen LogP contribution in [0, 0.1) is 0 Å². The van der Waals surface area contributed by atoms with Crippen molar-refractivity contribution in [1.82, 2.24) is 9.97 Å². The van der Waals surface area contributed by atoms with Gasteiger partial charge < -0.3 is 16.9 Å². The molecule has 0 amide bonds. The summed E-state index contributed by atoms with van der Waals surface area (Å²) in [6.45, 7) is 1.15. The summed E-state index contributed by atoms with van der Waals surface area (Å²) in [5.41, 5.74) is 6.20. The van der Waals surface area contributed by atoms with Crippen molar-refractivity contribution in [1.29, 1.82) is 0 Å². The molecular weight excluding hydrogens is 209 g/mol. The molecule has 0 fully saturated rings. The second-order valence-electron chi connectivity index (χ2n) is 2.80. The van der Waals surface area contributed by atoms with Crippen LogP contribution < -0.4 is 35.3 Å². The molecule has 1 atom stereocenters. The molecule has 0 radical (unpaired) electrons. The Kier molecular flexibility index (Phi) is 6.42. The van der Waals surface area contributed by atoms with E-state index in [1.165, 1.54) is 6.33 Å². The summed E-state index contributed by atoms with van der Waals surface area (Å²) in [5.74, 6) is -1.39. The molecule has 1 aromatic rings. The van der Waals surface area contributed by atoms with E-state index in [4.69, 9.17) is 5.73 Å². The first-order valence-electron chi connectivity index (χ1n) is 4.04. The minimum Gasteiger partial charge on any atom is -1.00 e. The third-order valence-corrected chi connectivity index (χ3v) is 1.54. The summed E-state index contributed by atoms with van der Waals surface area (Å²) in [6, 6.07) is -0.848. The average molecular weight is 221 g/mol. The summed E-state index contributed by atoms with van der Waals surface area (Å²) in [5, 5.41) is 0. The first kappa shape index (κ1) is 14.3. The van der Waals surface area contributed by atoms with Crippen molar-refractivity contribution in [3.8, 4) is 0 Å². The predicted molar refractivity (Wildman–Crippen MR) is 48.2 cm³/mol. The number of nitrogens with zero attached hydrogens (tertiary/aromatic N) is 1. The van der Waals surface area contributed by atoms with E-state index in [1.54, 1.807) is 6.20 Å². The molecular formula is C8H12N3NaO3. The van der Waals surface area contributed by atoms with Gasteiger partial charge in [-0.3, -0.25) is 4.79 Å². The van der Waals surface area contributed by atoms with Crippen LogP contribution >= 0.6 is 0 Å². The minimum atomic E-state index is -0.848. The number of nitrogens with one attached hydrogen (secondary N) is 1. The number of hydrogen-bond donors (Lipinski definition) is 2. The van der Waals surface area contributed by atoms with E-state index in [0.717, 1.165) is 12.6 Å². The predicted octanol–water partition coefficient (Wildman–Crippen LogP) is -3.51. The molecule has 1 aromatic heterocycles. The topological polar surface area (TPSA) is 98.1 Å². The molecule has 0 aliphatic heterocycles. The van der Waals surface area contributed by atoms with Crippen LogP contribution in [0.2, 0.25) is 0 Å². The van der Waals surface area contributed by atoms with Gasteiger partial charge in [-0.05, 0) is 0 Å². The molecule has 3 N–H and O–H groups in total. The Morgan fingerprint density at radius 1 is 1.73 bits per heavy atom. The van der Waals surface area contributed by atoms with E-state index in [2.05, 4.69) is 14.7 Å². The molecule has 0 aliphatic rings. The normalized spacial score (nSPS) is 11.3. The van der Waals surface area contributed by atoms with Crippen molar-refractivity contribution >= 4 is 11.9 Å². The van der Waals surface area contributed by atoms with Crippen molar-refractivity contribution in [2.45, 2.75) is 19.4 Å². The van der Waals surface area contributed by atoms with Crippen LogP contribution in [0.3, 0.4) is 0 Å². The number of imidazole rings is 1. The fraction of sp³-hybridized carbons (Fsp3) is 0.375. The third kappa shape index (κ3) is 5.08. The van der Waals surface area contributed by atoms with Gasteiger partial charge in [0.05, 0.1) is 6.33 Å². The van der Waals surface area contributed by atoms with Gasteiger partial charge >= 0.3 is 41.5 Å². The number of nitrogens with two attached hydrogens (primary N) is 1. The van der Waals surface area contributed by atoms with Crippen molar-refractivity contribution < 1.29 is 45.3 Å². The summed E-state index contributed by atoms with van der Waals surface area (Å²) in [7, 11) is 0. The standard InChI is InChI=1S/C8H11N3O3.Na.H/c1-5(12)14-8(13)7(9)2-6-3-10-4-11-6;;/h3-4,7H,2,9H2,1H3,(H,10,11);;/q;+1;-1/t7-;;/m0../s1. The number of hydrogen-bond acceptors (Lipinski definition) is 5. The fourth-order valence-electron chi connectivity index (χ4n) is 0.934. The Balaban J connectivity index is 0. The Hall–Kier alpha value is -0.690. The van der Waals surface area contributed by atoms with Crippen molar-refractivity contribution in [2.75, 3.05) is 0 Å². The molecule has 78 valence electrons. The van der Waals surface area contributed by atoms with E-state index < -0.39 is 18.0 Å². The number of carbonyl (C=O) groups is 2. The molecule has 1 heterocycles. The summed E-state index contributed by atoms with van der Waals surface area (Å²) < 4.78 is 4.32. The van der Waals surface area contributed by atoms with Crippen LogP contribution in [0.25, 0.3) is 0 Å². The number of carbonyl (C=O) groups excluding carboxylic acids is 2. The van der Waals surface area contributed by atoms with Crippen molar-refractivity contribution in [3.63, 3.8) is 0 Å². The van der Waals surface area contributed by atoms with Gasteiger partial charge in [-0.15, -0.1) is 0 Å². The summed E-state index contributed by atoms with van der Waals surface area (Å²) >= 11 is 0. The van der Waals surface area contributed by atoms with Gasteiger partial charge in [0.1, 0.15) is 6.04 Å². The number of H-pyrrole nitrogens is 1. The van der Waals surface area contributed by atoms with E-state index in [0.29, 0.717) is 0 Å². The molecule has 0 aromatic carbocycles. The molecule has 0 saturated heterocycles. The van der Waals surface area contributed by atoms with Crippen LogP contribution in [0.4, 0.5) is 0 Å². The van der Waals surface area contributed by atoms with E-state index in [-0.39, 0.29) is 37.4 Å². The zero-order valence-corrected chi connectivity index (χ0v) is 10.7. The molecule has 15 heavy (non-hydrogen) atoms. The maximum Gasteiger partial charge on any atom is 1.00 e. The third-order valence-electron chi connectivity index (χ3n) is 1.54. The van der Waals surface area contributed by atoms with Gasteiger partial charge in [-0.1, -0.05) is 0 Å². The molecule has 0 bridgehead atoms. The Bertz CT molecular complexity index is 331. The second kappa shape index (κ2) is 6.73. The van der Waals surface area contributed by atoms with Gasteiger partial charge in [0.2, 0.25) is 0 Å². The molecule has 0 aliphatic carbocycles. The Labute approximate surface area is 110 Å². The minimum absolute atomic E-state index is 0. The monoisotopic (exact) mass is 221 g/mol. The van der Waals surface area contributed by atoms with E-state index >= 15 is 0 Å². The zero-order valence-electron chi connectivity index (χ0n) is 9.69. The Morgan fingerprint density at radius 2 is 2.40 bits per heavy atom. The zero-order chi connectivity index (χ0) is 10.6. The fourth-order valence-corrected chi connectivity index (χ4v) is 0.934. The molecule has 1 rings (SSSR count). The molecule has 0 spiro atoms. The number of esters is 2.